The van der Waals surface area contributed by atoms with Gasteiger partial charge in [0.2, 0.25) is 0 Å². The molecule has 0 saturated carbocycles. The van der Waals surface area contributed by atoms with Crippen LogP contribution in [-0.2, 0) is 6.42 Å². The Hall–Kier alpha value is -1.90. The molecular formula is C20H18Br2ClN3O3. The van der Waals surface area contributed by atoms with Gasteiger partial charge >= 0.3 is 0 Å². The van der Waals surface area contributed by atoms with Crippen LogP contribution in [0.3, 0.4) is 0 Å². The summed E-state index contributed by atoms with van der Waals surface area (Å²) in [5.41, 5.74) is 0.919. The van der Waals surface area contributed by atoms with Gasteiger partial charge in [-0.25, -0.2) is 4.98 Å². The highest BCUT2D eigenvalue weighted by atomic mass is 79.9. The van der Waals surface area contributed by atoms with Gasteiger partial charge in [0.15, 0.2) is 11.5 Å². The summed E-state index contributed by atoms with van der Waals surface area (Å²) in [4.78, 5) is 17.7. The molecular weight excluding hydrogens is 525 g/mol. The lowest BCUT2D eigenvalue weighted by Crippen LogP contribution is -2.22. The summed E-state index contributed by atoms with van der Waals surface area (Å²) < 4.78 is 7.95. The molecule has 0 spiro atoms. The molecule has 3 rings (SSSR count). The molecule has 0 unspecified atom stereocenters. The molecule has 9 heteroatoms. The van der Waals surface area contributed by atoms with Crippen molar-refractivity contribution in [2.24, 2.45) is 5.10 Å². The maximum atomic E-state index is 13.1. The zero-order chi connectivity index (χ0) is 21.1. The third kappa shape index (κ3) is 4.49. The van der Waals surface area contributed by atoms with Gasteiger partial charge in [-0.2, -0.15) is 9.78 Å². The second-order valence-electron chi connectivity index (χ2n) is 6.17. The number of hydrogen-bond acceptors (Lipinski definition) is 5. The first kappa shape index (κ1) is 21.8. The predicted octanol–water partition coefficient (Wildman–Crippen LogP) is 5.51. The van der Waals surface area contributed by atoms with E-state index in [9.17, 15) is 9.90 Å². The molecule has 152 valence electrons. The standard InChI is InChI=1S/C20H18Br2ClN3O3/c1-3-5-16-25-14-7-6-12(21)9-13(14)20(28)26(16)24-10-11-8-15(29-4-2)19(27)18(23)17(11)22/h6-10,27H,3-5H2,1-2H3. The van der Waals surface area contributed by atoms with E-state index >= 15 is 0 Å². The Morgan fingerprint density at radius 1 is 1.31 bits per heavy atom. The number of phenols is 1. The van der Waals surface area contributed by atoms with Crippen molar-refractivity contribution < 1.29 is 9.84 Å². The molecule has 0 amide bonds. The van der Waals surface area contributed by atoms with Crippen LogP contribution in [-0.4, -0.2) is 27.6 Å². The van der Waals surface area contributed by atoms with Gasteiger partial charge in [-0.05, 0) is 53.5 Å². The summed E-state index contributed by atoms with van der Waals surface area (Å²) in [5.74, 6) is 0.650. The van der Waals surface area contributed by atoms with E-state index in [1.165, 1.54) is 10.9 Å². The Balaban J connectivity index is 2.17. The minimum Gasteiger partial charge on any atom is -0.503 e. The second-order valence-corrected chi connectivity index (χ2v) is 8.26. The maximum absolute atomic E-state index is 13.1. The van der Waals surface area contributed by atoms with E-state index < -0.39 is 0 Å². The van der Waals surface area contributed by atoms with Crippen LogP contribution in [0.25, 0.3) is 10.9 Å². The van der Waals surface area contributed by atoms with Gasteiger partial charge in [0, 0.05) is 20.9 Å². The summed E-state index contributed by atoms with van der Waals surface area (Å²) in [6, 6.07) is 6.99. The predicted molar refractivity (Wildman–Crippen MR) is 123 cm³/mol. The number of rotatable bonds is 6. The van der Waals surface area contributed by atoms with Crippen LogP contribution in [0.15, 0.2) is 43.1 Å². The number of benzene rings is 2. The minimum absolute atomic E-state index is 0.110. The van der Waals surface area contributed by atoms with E-state index in [0.29, 0.717) is 39.8 Å². The monoisotopic (exact) mass is 541 g/mol. The molecule has 0 aliphatic heterocycles. The lowest BCUT2D eigenvalue weighted by atomic mass is 10.2. The molecule has 0 bridgehead atoms. The molecule has 1 aromatic heterocycles. The van der Waals surface area contributed by atoms with Crippen LogP contribution >= 0.6 is 43.5 Å². The quantitative estimate of drug-likeness (QED) is 0.416. The fraction of sp³-hybridized carbons (Fsp3) is 0.250. The average molecular weight is 544 g/mol. The Morgan fingerprint density at radius 2 is 2.07 bits per heavy atom. The molecule has 3 aromatic rings. The molecule has 0 atom stereocenters. The fourth-order valence-electron chi connectivity index (χ4n) is 2.79. The van der Waals surface area contributed by atoms with Crippen molar-refractivity contribution in [1.82, 2.24) is 9.66 Å². The maximum Gasteiger partial charge on any atom is 0.282 e. The molecule has 0 saturated heterocycles. The van der Waals surface area contributed by atoms with Crippen LogP contribution < -0.4 is 10.3 Å². The highest BCUT2D eigenvalue weighted by Crippen LogP contribution is 2.41. The van der Waals surface area contributed by atoms with E-state index in [1.807, 2.05) is 13.0 Å². The second kappa shape index (κ2) is 9.28. The summed E-state index contributed by atoms with van der Waals surface area (Å²) in [5, 5.41) is 15.1. The van der Waals surface area contributed by atoms with Gasteiger partial charge in [0.1, 0.15) is 10.8 Å². The highest BCUT2D eigenvalue weighted by Gasteiger charge is 2.15. The molecule has 0 aliphatic rings. The summed E-state index contributed by atoms with van der Waals surface area (Å²) in [6.45, 7) is 4.18. The van der Waals surface area contributed by atoms with Crippen molar-refractivity contribution in [1.29, 1.82) is 0 Å². The number of nitrogens with zero attached hydrogens (tertiary/aromatic N) is 3. The Kier molecular flexibility index (Phi) is 6.97. The zero-order valence-electron chi connectivity index (χ0n) is 15.7. The Labute approximate surface area is 189 Å². The molecule has 0 radical (unpaired) electrons. The van der Waals surface area contributed by atoms with Crippen molar-refractivity contribution >= 4 is 60.6 Å². The van der Waals surface area contributed by atoms with Crippen LogP contribution in [0, 0.1) is 0 Å². The molecule has 1 N–H and O–H groups in total. The van der Waals surface area contributed by atoms with E-state index in [1.54, 1.807) is 25.1 Å². The van der Waals surface area contributed by atoms with Crippen molar-refractivity contribution in [3.8, 4) is 11.5 Å². The van der Waals surface area contributed by atoms with Gasteiger partial charge in [-0.3, -0.25) is 4.79 Å². The number of hydrogen-bond donors (Lipinski definition) is 1. The smallest absolute Gasteiger partial charge is 0.282 e. The fourth-order valence-corrected chi connectivity index (χ4v) is 3.76. The van der Waals surface area contributed by atoms with Gasteiger partial charge < -0.3 is 9.84 Å². The van der Waals surface area contributed by atoms with Crippen LogP contribution in [0.5, 0.6) is 11.5 Å². The average Bonchev–Trinajstić information content (AvgIpc) is 2.70. The van der Waals surface area contributed by atoms with Crippen LogP contribution in [0.2, 0.25) is 5.02 Å². The Morgan fingerprint density at radius 3 is 2.76 bits per heavy atom. The number of ether oxygens (including phenoxy) is 1. The molecule has 0 aliphatic carbocycles. The number of aryl methyl sites for hydroxylation is 1. The molecule has 29 heavy (non-hydrogen) atoms. The highest BCUT2D eigenvalue weighted by molar-refractivity contribution is 9.10. The first-order chi connectivity index (χ1) is 13.9. The summed E-state index contributed by atoms with van der Waals surface area (Å²) in [6.07, 6.45) is 2.90. The number of aromatic hydroxyl groups is 1. The molecule has 0 fully saturated rings. The molecule has 6 nitrogen and oxygen atoms in total. The van der Waals surface area contributed by atoms with Crippen molar-refractivity contribution in [3.63, 3.8) is 0 Å². The van der Waals surface area contributed by atoms with Gasteiger partial charge in [0.05, 0.1) is 23.7 Å². The molecule has 2 aromatic carbocycles. The van der Waals surface area contributed by atoms with Crippen LogP contribution in [0.1, 0.15) is 31.7 Å². The SMILES string of the molecule is CCCc1nc2ccc(Br)cc2c(=O)n1N=Cc1cc(OCC)c(O)c(Cl)c1Br. The van der Waals surface area contributed by atoms with Crippen LogP contribution in [0.4, 0.5) is 0 Å². The van der Waals surface area contributed by atoms with Gasteiger partial charge in [0.25, 0.3) is 5.56 Å². The number of phenolic OH excluding ortho intramolecular Hbond substituents is 1. The van der Waals surface area contributed by atoms with Gasteiger partial charge in [-0.1, -0.05) is 34.5 Å². The molecule has 1 heterocycles. The van der Waals surface area contributed by atoms with Gasteiger partial charge in [-0.15, -0.1) is 0 Å². The number of halogens is 3. The number of fused-ring (bicyclic) bond motifs is 1. The van der Waals surface area contributed by atoms with Crippen molar-refractivity contribution in [2.75, 3.05) is 6.61 Å². The van der Waals surface area contributed by atoms with E-state index in [-0.39, 0.29) is 22.1 Å². The van der Waals surface area contributed by atoms with E-state index in [0.717, 1.165) is 10.9 Å². The first-order valence-electron chi connectivity index (χ1n) is 8.96. The van der Waals surface area contributed by atoms with Crippen molar-refractivity contribution in [2.45, 2.75) is 26.7 Å². The third-order valence-electron chi connectivity index (χ3n) is 4.14. The largest absolute Gasteiger partial charge is 0.503 e. The summed E-state index contributed by atoms with van der Waals surface area (Å²) in [7, 11) is 0. The number of aromatic nitrogens is 2. The minimum atomic E-state index is -0.262. The third-order valence-corrected chi connectivity index (χ3v) is 6.08. The lowest BCUT2D eigenvalue weighted by Gasteiger charge is -2.11. The Bertz CT molecular complexity index is 1160. The van der Waals surface area contributed by atoms with Crippen molar-refractivity contribution in [3.05, 3.63) is 60.0 Å². The normalized spacial score (nSPS) is 11.5. The zero-order valence-corrected chi connectivity index (χ0v) is 19.7. The first-order valence-corrected chi connectivity index (χ1v) is 10.9. The topological polar surface area (TPSA) is 76.7 Å². The lowest BCUT2D eigenvalue weighted by molar-refractivity contribution is 0.318. The van der Waals surface area contributed by atoms with E-state index in [2.05, 4.69) is 41.9 Å². The summed E-state index contributed by atoms with van der Waals surface area (Å²) >= 11 is 12.9. The van der Waals surface area contributed by atoms with E-state index in [4.69, 9.17) is 16.3 Å².